The summed E-state index contributed by atoms with van der Waals surface area (Å²) in [6, 6.07) is 6.67. The molecule has 1 N–H and O–H groups in total. The second-order valence-electron chi connectivity index (χ2n) is 5.26. The molecule has 0 saturated carbocycles. The number of benzene rings is 1. The van der Waals surface area contributed by atoms with Crippen molar-refractivity contribution in [2.24, 2.45) is 5.92 Å². The van der Waals surface area contributed by atoms with E-state index in [1.807, 2.05) is 4.90 Å². The van der Waals surface area contributed by atoms with Crippen LogP contribution in [0, 0.1) is 11.7 Å². The van der Waals surface area contributed by atoms with Gasteiger partial charge >= 0.3 is 0 Å². The van der Waals surface area contributed by atoms with Crippen molar-refractivity contribution >= 4 is 5.91 Å². The predicted octanol–water partition coefficient (Wildman–Crippen LogP) is 1.65. The highest BCUT2D eigenvalue weighted by Gasteiger charge is 2.44. The van der Waals surface area contributed by atoms with E-state index in [9.17, 15) is 9.18 Å². The van der Waals surface area contributed by atoms with Crippen LogP contribution in [-0.4, -0.2) is 36.0 Å². The third-order valence-electron chi connectivity index (χ3n) is 4.12. The van der Waals surface area contributed by atoms with Gasteiger partial charge in [0.15, 0.2) is 0 Å². The molecular weight excluding hydrogens is 231 g/mol. The molecule has 1 aromatic rings. The molecule has 96 valence electrons. The topological polar surface area (TPSA) is 32.3 Å². The number of nitrogens with zero attached hydrogens (tertiary/aromatic N) is 1. The highest BCUT2D eigenvalue weighted by atomic mass is 19.1. The van der Waals surface area contributed by atoms with Crippen molar-refractivity contribution in [3.63, 3.8) is 0 Å². The van der Waals surface area contributed by atoms with Gasteiger partial charge in [0.2, 0.25) is 0 Å². The molecule has 2 heterocycles. The molecule has 2 aliphatic rings. The molecule has 0 spiro atoms. The van der Waals surface area contributed by atoms with Gasteiger partial charge in [0, 0.05) is 25.2 Å². The van der Waals surface area contributed by atoms with E-state index in [1.165, 1.54) is 6.07 Å². The number of amides is 1. The minimum absolute atomic E-state index is 0.170. The summed E-state index contributed by atoms with van der Waals surface area (Å²) in [6.45, 7) is 3.85. The van der Waals surface area contributed by atoms with Gasteiger partial charge in [0.05, 0.1) is 5.56 Å². The lowest BCUT2D eigenvalue weighted by Crippen LogP contribution is -2.43. The summed E-state index contributed by atoms with van der Waals surface area (Å²) in [5.41, 5.74) is 0.192. The first kappa shape index (κ1) is 11.7. The molecular formula is C14H17FN2O. The maximum Gasteiger partial charge on any atom is 0.257 e. The average molecular weight is 248 g/mol. The maximum absolute atomic E-state index is 13.7. The zero-order chi connectivity index (χ0) is 12.7. The summed E-state index contributed by atoms with van der Waals surface area (Å²) >= 11 is 0. The van der Waals surface area contributed by atoms with Crippen molar-refractivity contribution in [1.29, 1.82) is 0 Å². The lowest BCUT2D eigenvalue weighted by Gasteiger charge is -2.27. The Morgan fingerprint density at radius 2 is 2.17 bits per heavy atom. The molecule has 0 radical (unpaired) electrons. The number of halogens is 1. The first-order valence-corrected chi connectivity index (χ1v) is 6.46. The zero-order valence-electron chi connectivity index (χ0n) is 10.4. The van der Waals surface area contributed by atoms with Crippen molar-refractivity contribution in [3.05, 3.63) is 35.6 Å². The number of hydrogen-bond acceptors (Lipinski definition) is 2. The van der Waals surface area contributed by atoms with Crippen LogP contribution in [0.4, 0.5) is 4.39 Å². The molecule has 0 aliphatic carbocycles. The minimum Gasteiger partial charge on any atom is -0.331 e. The van der Waals surface area contributed by atoms with Gasteiger partial charge in [-0.1, -0.05) is 12.1 Å². The van der Waals surface area contributed by atoms with Gasteiger partial charge in [0.1, 0.15) is 5.82 Å². The van der Waals surface area contributed by atoms with Crippen LogP contribution in [0.2, 0.25) is 0 Å². The highest BCUT2D eigenvalue weighted by Crippen LogP contribution is 2.33. The Kier molecular flexibility index (Phi) is 2.82. The molecule has 2 fully saturated rings. The van der Waals surface area contributed by atoms with E-state index in [0.29, 0.717) is 5.92 Å². The van der Waals surface area contributed by atoms with E-state index in [-0.39, 0.29) is 23.6 Å². The number of carbonyl (C=O) groups is 1. The van der Waals surface area contributed by atoms with Crippen molar-refractivity contribution in [2.75, 3.05) is 13.1 Å². The summed E-state index contributed by atoms with van der Waals surface area (Å²) in [5.74, 6) is -0.0726. The van der Waals surface area contributed by atoms with Crippen LogP contribution in [0.25, 0.3) is 0 Å². The Morgan fingerprint density at radius 1 is 1.39 bits per heavy atom. The van der Waals surface area contributed by atoms with Crippen LogP contribution in [0.15, 0.2) is 24.3 Å². The first-order valence-electron chi connectivity index (χ1n) is 6.46. The Bertz CT molecular complexity index is 477. The average Bonchev–Trinajstić information content (AvgIpc) is 2.88. The van der Waals surface area contributed by atoms with Crippen LogP contribution >= 0.6 is 0 Å². The third kappa shape index (κ3) is 1.72. The Morgan fingerprint density at radius 3 is 2.94 bits per heavy atom. The molecule has 1 amide bonds. The molecule has 4 heteroatoms. The van der Waals surface area contributed by atoms with E-state index < -0.39 is 5.82 Å². The monoisotopic (exact) mass is 248 g/mol. The number of rotatable bonds is 1. The largest absolute Gasteiger partial charge is 0.331 e. The summed E-state index contributed by atoms with van der Waals surface area (Å²) in [4.78, 5) is 14.3. The van der Waals surface area contributed by atoms with Gasteiger partial charge in [-0.05, 0) is 31.4 Å². The molecule has 3 atom stereocenters. The van der Waals surface area contributed by atoms with Gasteiger partial charge in [-0.15, -0.1) is 0 Å². The number of fused-ring (bicyclic) bond motifs is 1. The SMILES string of the molecule is CC1CC2CNCC2N1C(=O)c1ccccc1F. The van der Waals surface area contributed by atoms with Gasteiger partial charge in [-0.3, -0.25) is 4.79 Å². The Hall–Kier alpha value is -1.42. The second kappa shape index (κ2) is 4.35. The summed E-state index contributed by atoms with van der Waals surface area (Å²) in [7, 11) is 0. The number of likely N-dealkylation sites (tertiary alicyclic amines) is 1. The van der Waals surface area contributed by atoms with Crippen LogP contribution in [0.1, 0.15) is 23.7 Å². The van der Waals surface area contributed by atoms with Crippen LogP contribution < -0.4 is 5.32 Å². The molecule has 2 saturated heterocycles. The molecule has 3 nitrogen and oxygen atoms in total. The third-order valence-corrected chi connectivity index (χ3v) is 4.12. The summed E-state index contributed by atoms with van der Waals surface area (Å²) < 4.78 is 13.7. The molecule has 3 rings (SSSR count). The van der Waals surface area contributed by atoms with Gasteiger partial charge in [0.25, 0.3) is 5.91 Å². The number of nitrogens with one attached hydrogen (secondary N) is 1. The molecule has 0 aromatic heterocycles. The van der Waals surface area contributed by atoms with Gasteiger partial charge in [-0.2, -0.15) is 0 Å². The molecule has 3 unspecified atom stereocenters. The van der Waals surface area contributed by atoms with Gasteiger partial charge in [-0.25, -0.2) is 4.39 Å². The summed E-state index contributed by atoms with van der Waals surface area (Å²) in [5, 5.41) is 3.31. The van der Waals surface area contributed by atoms with E-state index in [4.69, 9.17) is 0 Å². The number of hydrogen-bond donors (Lipinski definition) is 1. The van der Waals surface area contributed by atoms with E-state index in [1.54, 1.807) is 18.2 Å². The molecule has 18 heavy (non-hydrogen) atoms. The fourth-order valence-electron chi connectivity index (χ4n) is 3.29. The second-order valence-corrected chi connectivity index (χ2v) is 5.26. The van der Waals surface area contributed by atoms with Crippen LogP contribution in [-0.2, 0) is 0 Å². The fraction of sp³-hybridized carbons (Fsp3) is 0.500. The maximum atomic E-state index is 13.7. The first-order chi connectivity index (χ1) is 8.68. The van der Waals surface area contributed by atoms with Crippen LogP contribution in [0.3, 0.4) is 0 Å². The standard InChI is InChI=1S/C14H17FN2O/c1-9-6-10-7-16-8-13(10)17(9)14(18)11-4-2-3-5-12(11)15/h2-5,9-10,13,16H,6-8H2,1H3. The van der Waals surface area contributed by atoms with E-state index in [2.05, 4.69) is 12.2 Å². The van der Waals surface area contributed by atoms with Crippen LogP contribution in [0.5, 0.6) is 0 Å². The Labute approximate surface area is 106 Å². The van der Waals surface area contributed by atoms with E-state index >= 15 is 0 Å². The highest BCUT2D eigenvalue weighted by molar-refractivity contribution is 5.95. The van der Waals surface area contributed by atoms with Gasteiger partial charge < -0.3 is 10.2 Å². The fourth-order valence-corrected chi connectivity index (χ4v) is 3.29. The minimum atomic E-state index is -0.427. The van der Waals surface area contributed by atoms with Crippen molar-refractivity contribution in [1.82, 2.24) is 10.2 Å². The zero-order valence-corrected chi connectivity index (χ0v) is 10.4. The quantitative estimate of drug-likeness (QED) is 0.819. The lowest BCUT2D eigenvalue weighted by molar-refractivity contribution is 0.0677. The van der Waals surface area contributed by atoms with E-state index in [0.717, 1.165) is 19.5 Å². The lowest BCUT2D eigenvalue weighted by atomic mass is 10.0. The molecule has 1 aromatic carbocycles. The normalized spacial score (nSPS) is 30.6. The predicted molar refractivity (Wildman–Crippen MR) is 66.8 cm³/mol. The molecule has 0 bridgehead atoms. The molecule has 2 aliphatic heterocycles. The Balaban J connectivity index is 1.90. The summed E-state index contributed by atoms with van der Waals surface area (Å²) in [6.07, 6.45) is 1.01. The van der Waals surface area contributed by atoms with Crippen molar-refractivity contribution in [2.45, 2.75) is 25.4 Å². The van der Waals surface area contributed by atoms with Crippen molar-refractivity contribution in [3.8, 4) is 0 Å². The smallest absolute Gasteiger partial charge is 0.257 e. The van der Waals surface area contributed by atoms with Crippen molar-refractivity contribution < 1.29 is 9.18 Å². The number of carbonyl (C=O) groups excluding carboxylic acids is 1.